The number of aromatic nitrogens is 2. The van der Waals surface area contributed by atoms with Crippen molar-refractivity contribution in [3.63, 3.8) is 0 Å². The lowest BCUT2D eigenvalue weighted by Gasteiger charge is -2.15. The fourth-order valence-electron chi connectivity index (χ4n) is 2.52. The number of nitrogens with zero attached hydrogens (tertiary/aromatic N) is 2. The lowest BCUT2D eigenvalue weighted by atomic mass is 9.93. The molecule has 1 N–H and O–H groups in total. The molecular weight excluding hydrogens is 186 g/mol. The van der Waals surface area contributed by atoms with Crippen LogP contribution in [0, 0.1) is 0 Å². The molecule has 1 aliphatic heterocycles. The van der Waals surface area contributed by atoms with Gasteiger partial charge in [0.15, 0.2) is 0 Å². The molecule has 0 radical (unpaired) electrons. The van der Waals surface area contributed by atoms with Crippen molar-refractivity contribution in [1.82, 2.24) is 15.1 Å². The third-order valence-electron chi connectivity index (χ3n) is 3.32. The number of rotatable bonds is 4. The Morgan fingerprint density at radius 1 is 1.53 bits per heavy atom. The Labute approximate surface area is 91.9 Å². The fraction of sp³-hybridized carbons (Fsp3) is 0.750. The van der Waals surface area contributed by atoms with Crippen LogP contribution in [0.25, 0.3) is 0 Å². The van der Waals surface area contributed by atoms with Gasteiger partial charge in [0.25, 0.3) is 0 Å². The summed E-state index contributed by atoms with van der Waals surface area (Å²) >= 11 is 0. The van der Waals surface area contributed by atoms with Crippen molar-refractivity contribution in [3.8, 4) is 0 Å². The molecule has 2 heterocycles. The molecule has 0 amide bonds. The largest absolute Gasteiger partial charge is 0.313 e. The Morgan fingerprint density at radius 3 is 3.13 bits per heavy atom. The smallest absolute Gasteiger partial charge is 0.0525 e. The van der Waals surface area contributed by atoms with Crippen LogP contribution >= 0.6 is 0 Å². The third-order valence-corrected chi connectivity index (χ3v) is 3.32. The molecular formula is C12H21N3. The van der Waals surface area contributed by atoms with Gasteiger partial charge < -0.3 is 5.32 Å². The molecule has 1 aliphatic rings. The molecule has 15 heavy (non-hydrogen) atoms. The van der Waals surface area contributed by atoms with Crippen LogP contribution in [-0.4, -0.2) is 22.4 Å². The summed E-state index contributed by atoms with van der Waals surface area (Å²) in [5.41, 5.74) is 1.42. The topological polar surface area (TPSA) is 29.9 Å². The van der Waals surface area contributed by atoms with Gasteiger partial charge in [0.1, 0.15) is 0 Å². The molecule has 1 aromatic rings. The molecule has 2 unspecified atom stereocenters. The maximum Gasteiger partial charge on any atom is 0.0525 e. The van der Waals surface area contributed by atoms with Crippen molar-refractivity contribution in [1.29, 1.82) is 0 Å². The van der Waals surface area contributed by atoms with E-state index in [9.17, 15) is 0 Å². The van der Waals surface area contributed by atoms with Crippen molar-refractivity contribution < 1.29 is 0 Å². The summed E-state index contributed by atoms with van der Waals surface area (Å²) in [5.74, 6) is 0.681. The highest BCUT2D eigenvalue weighted by atomic mass is 15.3. The third kappa shape index (κ3) is 2.23. The van der Waals surface area contributed by atoms with Crippen molar-refractivity contribution >= 4 is 0 Å². The van der Waals surface area contributed by atoms with E-state index in [0.717, 1.165) is 19.5 Å². The quantitative estimate of drug-likeness (QED) is 0.820. The van der Waals surface area contributed by atoms with Crippen LogP contribution in [0.2, 0.25) is 0 Å². The Kier molecular flexibility index (Phi) is 3.41. The lowest BCUT2D eigenvalue weighted by Crippen LogP contribution is -2.24. The van der Waals surface area contributed by atoms with Gasteiger partial charge in [-0.05, 0) is 31.4 Å². The zero-order valence-electron chi connectivity index (χ0n) is 9.74. The number of hydrogen-bond acceptors (Lipinski definition) is 2. The average molecular weight is 207 g/mol. The van der Waals surface area contributed by atoms with Crippen LogP contribution in [0.5, 0.6) is 0 Å². The first-order valence-corrected chi connectivity index (χ1v) is 6.10. The van der Waals surface area contributed by atoms with E-state index in [2.05, 4.69) is 41.3 Å². The van der Waals surface area contributed by atoms with Gasteiger partial charge in [0.05, 0.1) is 6.20 Å². The maximum absolute atomic E-state index is 4.41. The molecule has 0 aliphatic carbocycles. The minimum atomic E-state index is 0.657. The molecule has 0 aromatic carbocycles. The van der Waals surface area contributed by atoms with E-state index in [4.69, 9.17) is 0 Å². The van der Waals surface area contributed by atoms with Crippen molar-refractivity contribution in [2.75, 3.05) is 6.54 Å². The second-order valence-corrected chi connectivity index (χ2v) is 4.40. The van der Waals surface area contributed by atoms with Gasteiger partial charge in [-0.2, -0.15) is 5.10 Å². The van der Waals surface area contributed by atoms with E-state index in [1.165, 1.54) is 18.4 Å². The Bertz CT molecular complexity index is 306. The highest BCUT2D eigenvalue weighted by molar-refractivity contribution is 5.16. The van der Waals surface area contributed by atoms with Crippen molar-refractivity contribution in [3.05, 3.63) is 18.0 Å². The molecule has 1 aromatic heterocycles. The molecule has 84 valence electrons. The van der Waals surface area contributed by atoms with Gasteiger partial charge in [0.2, 0.25) is 0 Å². The molecule has 1 fully saturated rings. The van der Waals surface area contributed by atoms with Gasteiger partial charge >= 0.3 is 0 Å². The minimum Gasteiger partial charge on any atom is -0.313 e. The molecule has 2 rings (SSSR count). The first-order chi connectivity index (χ1) is 7.35. The normalized spacial score (nSPS) is 26.0. The summed E-state index contributed by atoms with van der Waals surface area (Å²) in [6.07, 6.45) is 7.90. The predicted octanol–water partition coefficient (Wildman–Crippen LogP) is 2.15. The van der Waals surface area contributed by atoms with E-state index in [1.807, 2.05) is 0 Å². The zero-order valence-corrected chi connectivity index (χ0v) is 9.74. The number of hydrogen-bond donors (Lipinski definition) is 1. The van der Waals surface area contributed by atoms with E-state index in [-0.39, 0.29) is 0 Å². The van der Waals surface area contributed by atoms with Crippen molar-refractivity contribution in [2.24, 2.45) is 0 Å². The van der Waals surface area contributed by atoms with Gasteiger partial charge in [-0.1, -0.05) is 13.8 Å². The van der Waals surface area contributed by atoms with E-state index < -0.39 is 0 Å². The fourth-order valence-corrected chi connectivity index (χ4v) is 2.52. The molecule has 0 saturated carbocycles. The summed E-state index contributed by atoms with van der Waals surface area (Å²) in [4.78, 5) is 0. The standard InChI is InChI=1S/C12H21N3/c1-3-7-15-9-10(8-14-15)11-5-6-13-12(11)4-2/h8-9,11-13H,3-7H2,1-2H3. The van der Waals surface area contributed by atoms with Crippen molar-refractivity contribution in [2.45, 2.75) is 51.6 Å². The molecule has 3 heteroatoms. The van der Waals surface area contributed by atoms with Crippen LogP contribution in [-0.2, 0) is 6.54 Å². The molecule has 0 bridgehead atoms. The van der Waals surface area contributed by atoms with E-state index in [1.54, 1.807) is 0 Å². The molecule has 2 atom stereocenters. The van der Waals surface area contributed by atoms with Crippen LogP contribution < -0.4 is 5.32 Å². The summed E-state index contributed by atoms with van der Waals surface area (Å²) in [7, 11) is 0. The second-order valence-electron chi connectivity index (χ2n) is 4.40. The van der Waals surface area contributed by atoms with E-state index in [0.29, 0.717) is 12.0 Å². The predicted molar refractivity (Wildman–Crippen MR) is 62.0 cm³/mol. The first-order valence-electron chi connectivity index (χ1n) is 6.10. The summed E-state index contributed by atoms with van der Waals surface area (Å²) in [6, 6.07) is 0.657. The summed E-state index contributed by atoms with van der Waals surface area (Å²) in [6.45, 7) is 6.64. The van der Waals surface area contributed by atoms with Gasteiger partial charge in [-0.15, -0.1) is 0 Å². The Balaban J connectivity index is 2.07. The molecule has 1 saturated heterocycles. The monoisotopic (exact) mass is 207 g/mol. The highest BCUT2D eigenvalue weighted by Crippen LogP contribution is 2.28. The highest BCUT2D eigenvalue weighted by Gasteiger charge is 2.27. The van der Waals surface area contributed by atoms with Crippen LogP contribution in [0.3, 0.4) is 0 Å². The van der Waals surface area contributed by atoms with Crippen LogP contribution in [0.15, 0.2) is 12.4 Å². The zero-order chi connectivity index (χ0) is 10.7. The minimum absolute atomic E-state index is 0.657. The number of nitrogens with one attached hydrogen (secondary N) is 1. The first kappa shape index (κ1) is 10.7. The van der Waals surface area contributed by atoms with E-state index >= 15 is 0 Å². The average Bonchev–Trinajstić information content (AvgIpc) is 2.84. The van der Waals surface area contributed by atoms with Crippen LogP contribution in [0.1, 0.15) is 44.6 Å². The van der Waals surface area contributed by atoms with Gasteiger partial charge in [-0.3, -0.25) is 4.68 Å². The summed E-state index contributed by atoms with van der Waals surface area (Å²) in [5, 5.41) is 7.97. The SMILES string of the molecule is CCCn1cc(C2CCNC2CC)cn1. The number of aryl methyl sites for hydroxylation is 1. The Hall–Kier alpha value is -0.830. The Morgan fingerprint density at radius 2 is 2.40 bits per heavy atom. The van der Waals surface area contributed by atoms with Gasteiger partial charge in [-0.25, -0.2) is 0 Å². The molecule has 3 nitrogen and oxygen atoms in total. The lowest BCUT2D eigenvalue weighted by molar-refractivity contribution is 0.530. The summed E-state index contributed by atoms with van der Waals surface area (Å²) < 4.78 is 2.07. The van der Waals surface area contributed by atoms with Crippen LogP contribution in [0.4, 0.5) is 0 Å². The second kappa shape index (κ2) is 4.79. The maximum atomic E-state index is 4.41. The molecule has 0 spiro atoms. The van der Waals surface area contributed by atoms with Gasteiger partial charge in [0, 0.05) is 24.7 Å².